The zero-order valence-corrected chi connectivity index (χ0v) is 18.2. The number of para-hydroxylation sites is 1. The largest absolute Gasteiger partial charge is 0.490 e. The Hall–Kier alpha value is -3.98. The molecule has 0 saturated heterocycles. The first-order chi connectivity index (χ1) is 16.1. The normalized spacial score (nSPS) is 17.5. The number of ketones is 1. The van der Waals surface area contributed by atoms with Crippen molar-refractivity contribution in [2.75, 3.05) is 13.2 Å². The Kier molecular flexibility index (Phi) is 6.80. The van der Waals surface area contributed by atoms with Gasteiger partial charge in [0, 0.05) is 0 Å². The predicted octanol–water partition coefficient (Wildman–Crippen LogP) is 3.41. The molecule has 3 aromatic rings. The van der Waals surface area contributed by atoms with Crippen LogP contribution in [0.2, 0.25) is 0 Å². The van der Waals surface area contributed by atoms with Gasteiger partial charge in [-0.15, -0.1) is 10.2 Å². The number of aromatic amines is 1. The Morgan fingerprint density at radius 3 is 2.85 bits per heavy atom. The second kappa shape index (κ2) is 10.1. The summed E-state index contributed by atoms with van der Waals surface area (Å²) in [6, 6.07) is 12.6. The summed E-state index contributed by atoms with van der Waals surface area (Å²) in [6.07, 6.45) is 9.49. The van der Waals surface area contributed by atoms with Crippen LogP contribution in [0.1, 0.15) is 41.5 Å². The molecule has 0 aliphatic carbocycles. The zero-order valence-electron chi connectivity index (χ0n) is 18.2. The molecule has 9 heteroatoms. The maximum Gasteiger partial charge on any atom is 0.257 e. The third-order valence-electron chi connectivity index (χ3n) is 4.97. The molecule has 1 unspecified atom stereocenters. The summed E-state index contributed by atoms with van der Waals surface area (Å²) in [5, 5.41) is 13.6. The number of fused-ring (bicyclic) bond motifs is 1. The van der Waals surface area contributed by atoms with Gasteiger partial charge < -0.3 is 14.2 Å². The van der Waals surface area contributed by atoms with Gasteiger partial charge in [0.15, 0.2) is 17.3 Å². The van der Waals surface area contributed by atoms with E-state index in [4.69, 9.17) is 19.9 Å². The Labute approximate surface area is 191 Å². The molecule has 1 atom stereocenters. The van der Waals surface area contributed by atoms with Crippen molar-refractivity contribution >= 4 is 11.9 Å². The highest BCUT2D eigenvalue weighted by Crippen LogP contribution is 2.39. The summed E-state index contributed by atoms with van der Waals surface area (Å²) in [7, 11) is 0. The van der Waals surface area contributed by atoms with Crippen molar-refractivity contribution in [2.24, 2.45) is 5.73 Å². The minimum Gasteiger partial charge on any atom is -0.490 e. The van der Waals surface area contributed by atoms with E-state index < -0.39 is 5.72 Å². The number of unbranched alkanes of at least 4 members (excludes halogenated alkanes) is 1. The van der Waals surface area contributed by atoms with E-state index >= 15 is 0 Å². The number of nitrogens with zero attached hydrogens (tertiary/aromatic N) is 3. The molecular weight excluding hydrogens is 422 g/mol. The lowest BCUT2D eigenvalue weighted by Gasteiger charge is -2.33. The topological polar surface area (TPSA) is 125 Å². The summed E-state index contributed by atoms with van der Waals surface area (Å²) in [5.41, 5.74) is 5.99. The number of ether oxygens (including phenoxy) is 3. The van der Waals surface area contributed by atoms with E-state index in [0.717, 1.165) is 24.2 Å². The van der Waals surface area contributed by atoms with Gasteiger partial charge in [0.25, 0.3) is 5.72 Å². The molecule has 0 saturated carbocycles. The molecule has 0 bridgehead atoms. The maximum atomic E-state index is 12.9. The standard InChI is InChI=1S/C24H25N5O4/c1-2-3-4-5-15-31-18-12-9-17(10-13-18)11-14-20(30)19-7-6-8-21-22(19)33-24(25,16-32-21)23-26-28-29-27-23/h4-14H,2-3,15-16,25H2,1H3,(H,26,27,28,29)/b5-4+,14-11?. The molecule has 9 nitrogen and oxygen atoms in total. The highest BCUT2D eigenvalue weighted by molar-refractivity contribution is 6.09. The number of tetrazole rings is 1. The van der Waals surface area contributed by atoms with Gasteiger partial charge in [-0.1, -0.05) is 49.8 Å². The monoisotopic (exact) mass is 447 g/mol. The number of benzene rings is 2. The molecule has 2 heterocycles. The van der Waals surface area contributed by atoms with Crippen molar-refractivity contribution in [1.82, 2.24) is 20.6 Å². The fraction of sp³-hybridized carbons (Fsp3) is 0.250. The van der Waals surface area contributed by atoms with E-state index in [2.05, 4.69) is 33.6 Å². The highest BCUT2D eigenvalue weighted by atomic mass is 16.6. The molecule has 3 N–H and O–H groups in total. The van der Waals surface area contributed by atoms with E-state index in [1.54, 1.807) is 24.3 Å². The fourth-order valence-corrected chi connectivity index (χ4v) is 3.21. The van der Waals surface area contributed by atoms with Crippen LogP contribution >= 0.6 is 0 Å². The lowest BCUT2D eigenvalue weighted by atomic mass is 10.1. The van der Waals surface area contributed by atoms with Gasteiger partial charge in [0.2, 0.25) is 5.82 Å². The lowest BCUT2D eigenvalue weighted by Crippen LogP contribution is -2.51. The number of allylic oxidation sites excluding steroid dienone is 2. The van der Waals surface area contributed by atoms with Gasteiger partial charge in [-0.2, -0.15) is 5.21 Å². The summed E-state index contributed by atoms with van der Waals surface area (Å²) in [4.78, 5) is 12.9. The average Bonchev–Trinajstić information content (AvgIpc) is 3.39. The van der Waals surface area contributed by atoms with E-state index in [-0.39, 0.29) is 24.0 Å². The van der Waals surface area contributed by atoms with Crippen LogP contribution in [0.5, 0.6) is 17.2 Å². The number of hydrogen-bond acceptors (Lipinski definition) is 8. The van der Waals surface area contributed by atoms with Crippen molar-refractivity contribution in [1.29, 1.82) is 0 Å². The highest BCUT2D eigenvalue weighted by Gasteiger charge is 2.41. The van der Waals surface area contributed by atoms with E-state index in [0.29, 0.717) is 17.9 Å². The van der Waals surface area contributed by atoms with E-state index in [9.17, 15) is 4.79 Å². The Morgan fingerprint density at radius 1 is 1.24 bits per heavy atom. The van der Waals surface area contributed by atoms with Crippen LogP contribution in [0.15, 0.2) is 60.7 Å². The SMILES string of the molecule is CCC/C=C/COc1ccc(C=CC(=O)c2cccc3c2OC(N)(c2nn[nH]n2)CO3)cc1. The molecule has 0 amide bonds. The summed E-state index contributed by atoms with van der Waals surface area (Å²) in [6.45, 7) is 2.65. The van der Waals surface area contributed by atoms with Gasteiger partial charge in [-0.05, 0) is 47.5 Å². The van der Waals surface area contributed by atoms with Crippen molar-refractivity contribution in [3.63, 3.8) is 0 Å². The molecule has 0 spiro atoms. The lowest BCUT2D eigenvalue weighted by molar-refractivity contribution is -0.0154. The van der Waals surface area contributed by atoms with Crippen LogP contribution in [0, 0.1) is 0 Å². The Balaban J connectivity index is 1.44. The molecule has 33 heavy (non-hydrogen) atoms. The first-order valence-electron chi connectivity index (χ1n) is 10.7. The van der Waals surface area contributed by atoms with Crippen LogP contribution in [0.25, 0.3) is 6.08 Å². The fourth-order valence-electron chi connectivity index (χ4n) is 3.21. The molecule has 170 valence electrons. The van der Waals surface area contributed by atoms with Gasteiger partial charge in [-0.3, -0.25) is 10.5 Å². The van der Waals surface area contributed by atoms with Crippen LogP contribution < -0.4 is 19.9 Å². The van der Waals surface area contributed by atoms with Gasteiger partial charge in [-0.25, -0.2) is 0 Å². The predicted molar refractivity (Wildman–Crippen MR) is 122 cm³/mol. The van der Waals surface area contributed by atoms with Gasteiger partial charge in [0.05, 0.1) is 5.56 Å². The molecule has 2 aromatic carbocycles. The van der Waals surface area contributed by atoms with Crippen molar-refractivity contribution in [3.8, 4) is 17.2 Å². The molecule has 4 rings (SSSR count). The third kappa shape index (κ3) is 5.27. The minimum atomic E-state index is -1.46. The van der Waals surface area contributed by atoms with Crippen LogP contribution in [-0.2, 0) is 5.72 Å². The number of hydrogen-bond donors (Lipinski definition) is 2. The molecule has 0 fully saturated rings. The van der Waals surface area contributed by atoms with E-state index in [1.807, 2.05) is 30.3 Å². The number of carbonyl (C=O) groups excluding carboxylic acids is 1. The second-order valence-electron chi connectivity index (χ2n) is 7.49. The number of carbonyl (C=O) groups is 1. The first kappa shape index (κ1) is 22.2. The van der Waals surface area contributed by atoms with Crippen molar-refractivity contribution in [2.45, 2.75) is 25.5 Å². The number of rotatable bonds is 9. The van der Waals surface area contributed by atoms with Crippen LogP contribution in [-0.4, -0.2) is 39.6 Å². The number of H-pyrrole nitrogens is 1. The number of nitrogens with two attached hydrogens (primary N) is 1. The Morgan fingerprint density at radius 2 is 2.09 bits per heavy atom. The number of nitrogens with one attached hydrogen (secondary N) is 1. The Bertz CT molecular complexity index is 1140. The average molecular weight is 447 g/mol. The molecule has 1 aliphatic heterocycles. The van der Waals surface area contributed by atoms with Crippen LogP contribution in [0.3, 0.4) is 0 Å². The smallest absolute Gasteiger partial charge is 0.257 e. The molecule has 0 radical (unpaired) electrons. The van der Waals surface area contributed by atoms with Gasteiger partial charge in [0.1, 0.15) is 19.0 Å². The summed E-state index contributed by atoms with van der Waals surface area (Å²) >= 11 is 0. The van der Waals surface area contributed by atoms with E-state index in [1.165, 1.54) is 6.08 Å². The third-order valence-corrected chi connectivity index (χ3v) is 4.97. The van der Waals surface area contributed by atoms with Crippen molar-refractivity contribution < 1.29 is 19.0 Å². The quantitative estimate of drug-likeness (QED) is 0.290. The minimum absolute atomic E-state index is 0.0180. The van der Waals surface area contributed by atoms with Crippen LogP contribution in [0.4, 0.5) is 0 Å². The maximum absolute atomic E-state index is 12.9. The molecule has 1 aliphatic rings. The summed E-state index contributed by atoms with van der Waals surface area (Å²) < 4.78 is 17.3. The second-order valence-corrected chi connectivity index (χ2v) is 7.49. The number of aromatic nitrogens is 4. The molecule has 1 aromatic heterocycles. The first-order valence-corrected chi connectivity index (χ1v) is 10.7. The van der Waals surface area contributed by atoms with Crippen molar-refractivity contribution in [3.05, 3.63) is 77.6 Å². The van der Waals surface area contributed by atoms with Gasteiger partial charge >= 0.3 is 0 Å². The zero-order chi connectivity index (χ0) is 23.1. The summed E-state index contributed by atoms with van der Waals surface area (Å²) in [5.74, 6) is 1.31. The molecular formula is C24H25N5O4.